The standard InChI is InChI=1S/C15H28N2O/c1-12-5-6-14(13(2)11-12)16-8-7-15(18)17-9-3-4-10-17/h12-14,16H,3-11H2,1-2H3. The number of amides is 1. The first-order chi connectivity index (χ1) is 8.66. The van der Waals surface area contributed by atoms with Crippen molar-refractivity contribution in [3.05, 3.63) is 0 Å². The van der Waals surface area contributed by atoms with Crippen LogP contribution >= 0.6 is 0 Å². The summed E-state index contributed by atoms with van der Waals surface area (Å²) >= 11 is 0. The molecule has 18 heavy (non-hydrogen) atoms. The molecule has 2 aliphatic rings. The van der Waals surface area contributed by atoms with Crippen molar-refractivity contribution in [2.45, 2.75) is 58.4 Å². The molecule has 3 unspecified atom stereocenters. The number of hydrogen-bond donors (Lipinski definition) is 1. The van der Waals surface area contributed by atoms with E-state index in [9.17, 15) is 4.79 Å². The number of nitrogens with zero attached hydrogens (tertiary/aromatic N) is 1. The number of nitrogens with one attached hydrogen (secondary N) is 1. The fourth-order valence-electron chi connectivity index (χ4n) is 3.46. The van der Waals surface area contributed by atoms with Crippen LogP contribution in [0.25, 0.3) is 0 Å². The highest BCUT2D eigenvalue weighted by atomic mass is 16.2. The number of carbonyl (C=O) groups excluding carboxylic acids is 1. The summed E-state index contributed by atoms with van der Waals surface area (Å²) in [6.07, 6.45) is 7.01. The van der Waals surface area contributed by atoms with E-state index in [2.05, 4.69) is 19.2 Å². The van der Waals surface area contributed by atoms with Gasteiger partial charge in [0, 0.05) is 32.1 Å². The monoisotopic (exact) mass is 252 g/mol. The van der Waals surface area contributed by atoms with Crippen LogP contribution < -0.4 is 5.32 Å². The van der Waals surface area contributed by atoms with Gasteiger partial charge in [0.1, 0.15) is 0 Å². The molecule has 2 rings (SSSR count). The molecule has 0 aromatic rings. The van der Waals surface area contributed by atoms with E-state index in [-0.39, 0.29) is 0 Å². The van der Waals surface area contributed by atoms with Crippen molar-refractivity contribution < 1.29 is 4.79 Å². The second-order valence-electron chi connectivity index (χ2n) is 6.29. The van der Waals surface area contributed by atoms with E-state index in [1.165, 1.54) is 32.1 Å². The Bertz CT molecular complexity index is 274. The Balaban J connectivity index is 1.64. The molecule has 0 aromatic carbocycles. The van der Waals surface area contributed by atoms with E-state index in [1.54, 1.807) is 0 Å². The molecule has 1 saturated carbocycles. The fraction of sp³-hybridized carbons (Fsp3) is 0.933. The Hall–Kier alpha value is -0.570. The molecule has 0 bridgehead atoms. The van der Waals surface area contributed by atoms with E-state index in [0.29, 0.717) is 18.4 Å². The van der Waals surface area contributed by atoms with Gasteiger partial charge in [-0.15, -0.1) is 0 Å². The fourth-order valence-corrected chi connectivity index (χ4v) is 3.46. The summed E-state index contributed by atoms with van der Waals surface area (Å²) in [5.41, 5.74) is 0. The number of likely N-dealkylation sites (tertiary alicyclic amines) is 1. The van der Waals surface area contributed by atoms with Gasteiger partial charge in [-0.2, -0.15) is 0 Å². The molecule has 2 fully saturated rings. The highest BCUT2D eigenvalue weighted by Crippen LogP contribution is 2.28. The van der Waals surface area contributed by atoms with Gasteiger partial charge in [-0.05, 0) is 43.9 Å². The van der Waals surface area contributed by atoms with Crippen LogP contribution in [-0.4, -0.2) is 36.5 Å². The van der Waals surface area contributed by atoms with Crippen molar-refractivity contribution in [2.75, 3.05) is 19.6 Å². The summed E-state index contributed by atoms with van der Waals surface area (Å²) < 4.78 is 0. The minimum atomic E-state index is 0.344. The first-order valence-electron chi connectivity index (χ1n) is 7.68. The van der Waals surface area contributed by atoms with Crippen LogP contribution in [0.2, 0.25) is 0 Å². The first kappa shape index (κ1) is 13.9. The summed E-state index contributed by atoms with van der Waals surface area (Å²) in [5, 5.41) is 3.60. The number of hydrogen-bond acceptors (Lipinski definition) is 2. The van der Waals surface area contributed by atoms with Crippen LogP contribution in [0, 0.1) is 11.8 Å². The summed E-state index contributed by atoms with van der Waals surface area (Å²) in [6.45, 7) is 7.52. The molecular formula is C15H28N2O. The van der Waals surface area contributed by atoms with Crippen LogP contribution in [0.3, 0.4) is 0 Å². The van der Waals surface area contributed by atoms with Gasteiger partial charge in [0.15, 0.2) is 0 Å². The average molecular weight is 252 g/mol. The van der Waals surface area contributed by atoms with Crippen molar-refractivity contribution in [1.82, 2.24) is 10.2 Å². The smallest absolute Gasteiger partial charge is 0.223 e. The normalized spacial score (nSPS) is 32.8. The van der Waals surface area contributed by atoms with Crippen LogP contribution in [0.4, 0.5) is 0 Å². The molecule has 3 heteroatoms. The van der Waals surface area contributed by atoms with E-state index < -0.39 is 0 Å². The molecule has 1 N–H and O–H groups in total. The minimum absolute atomic E-state index is 0.344. The van der Waals surface area contributed by atoms with Crippen molar-refractivity contribution in [1.29, 1.82) is 0 Å². The maximum absolute atomic E-state index is 11.9. The van der Waals surface area contributed by atoms with Crippen molar-refractivity contribution in [2.24, 2.45) is 11.8 Å². The van der Waals surface area contributed by atoms with E-state index >= 15 is 0 Å². The zero-order chi connectivity index (χ0) is 13.0. The molecule has 0 aromatic heterocycles. The molecule has 1 amide bonds. The second-order valence-corrected chi connectivity index (χ2v) is 6.29. The molecule has 0 spiro atoms. The molecular weight excluding hydrogens is 224 g/mol. The highest BCUT2D eigenvalue weighted by Gasteiger charge is 2.25. The van der Waals surface area contributed by atoms with Crippen LogP contribution in [-0.2, 0) is 4.79 Å². The van der Waals surface area contributed by atoms with Crippen molar-refractivity contribution in [3.8, 4) is 0 Å². The lowest BCUT2D eigenvalue weighted by molar-refractivity contribution is -0.130. The van der Waals surface area contributed by atoms with Gasteiger partial charge in [-0.25, -0.2) is 0 Å². The van der Waals surface area contributed by atoms with Crippen LogP contribution in [0.5, 0.6) is 0 Å². The van der Waals surface area contributed by atoms with Gasteiger partial charge in [-0.3, -0.25) is 4.79 Å². The predicted octanol–water partition coefficient (Wildman–Crippen LogP) is 2.41. The lowest BCUT2D eigenvalue weighted by Gasteiger charge is -2.33. The van der Waals surface area contributed by atoms with Crippen LogP contribution in [0.1, 0.15) is 52.4 Å². The highest BCUT2D eigenvalue weighted by molar-refractivity contribution is 5.76. The van der Waals surface area contributed by atoms with Gasteiger partial charge < -0.3 is 10.2 Å². The third-order valence-corrected chi connectivity index (χ3v) is 4.64. The quantitative estimate of drug-likeness (QED) is 0.833. The zero-order valence-corrected chi connectivity index (χ0v) is 12.0. The third kappa shape index (κ3) is 3.71. The van der Waals surface area contributed by atoms with E-state index in [0.717, 1.165) is 31.5 Å². The molecule has 0 radical (unpaired) electrons. The Kier molecular flexibility index (Phi) is 5.04. The molecule has 1 aliphatic heterocycles. The van der Waals surface area contributed by atoms with Crippen LogP contribution in [0.15, 0.2) is 0 Å². The largest absolute Gasteiger partial charge is 0.343 e. The van der Waals surface area contributed by atoms with Crippen molar-refractivity contribution in [3.63, 3.8) is 0 Å². The molecule has 1 saturated heterocycles. The average Bonchev–Trinajstić information content (AvgIpc) is 2.85. The number of carbonyl (C=O) groups is 1. The SMILES string of the molecule is CC1CCC(NCCC(=O)N2CCCC2)C(C)C1. The molecule has 3 nitrogen and oxygen atoms in total. The van der Waals surface area contributed by atoms with Gasteiger partial charge >= 0.3 is 0 Å². The number of rotatable bonds is 4. The summed E-state index contributed by atoms with van der Waals surface area (Å²) in [4.78, 5) is 13.9. The molecule has 3 atom stereocenters. The minimum Gasteiger partial charge on any atom is -0.343 e. The Morgan fingerprint density at radius 3 is 2.61 bits per heavy atom. The first-order valence-corrected chi connectivity index (χ1v) is 7.68. The van der Waals surface area contributed by atoms with E-state index in [4.69, 9.17) is 0 Å². The van der Waals surface area contributed by atoms with Gasteiger partial charge in [-0.1, -0.05) is 13.8 Å². The molecule has 1 aliphatic carbocycles. The molecule has 104 valence electrons. The maximum atomic E-state index is 11.9. The van der Waals surface area contributed by atoms with Crippen molar-refractivity contribution >= 4 is 5.91 Å². The summed E-state index contributed by atoms with van der Waals surface area (Å²) in [6, 6.07) is 0.632. The summed E-state index contributed by atoms with van der Waals surface area (Å²) in [5.74, 6) is 1.98. The van der Waals surface area contributed by atoms with Gasteiger partial charge in [0.2, 0.25) is 5.91 Å². The molecule has 1 heterocycles. The zero-order valence-electron chi connectivity index (χ0n) is 12.0. The lowest BCUT2D eigenvalue weighted by Crippen LogP contribution is -2.41. The second kappa shape index (κ2) is 6.55. The Morgan fingerprint density at radius 1 is 1.22 bits per heavy atom. The summed E-state index contributed by atoms with van der Waals surface area (Å²) in [7, 11) is 0. The lowest BCUT2D eigenvalue weighted by atomic mass is 9.80. The van der Waals surface area contributed by atoms with Gasteiger partial charge in [0.25, 0.3) is 0 Å². The Morgan fingerprint density at radius 2 is 1.94 bits per heavy atom. The topological polar surface area (TPSA) is 32.3 Å². The van der Waals surface area contributed by atoms with E-state index in [1.807, 2.05) is 4.90 Å². The third-order valence-electron chi connectivity index (χ3n) is 4.64. The Labute approximate surface area is 111 Å². The predicted molar refractivity (Wildman–Crippen MR) is 74.4 cm³/mol. The van der Waals surface area contributed by atoms with Gasteiger partial charge in [0.05, 0.1) is 0 Å². The maximum Gasteiger partial charge on any atom is 0.223 e.